The summed E-state index contributed by atoms with van der Waals surface area (Å²) >= 11 is 0. The van der Waals surface area contributed by atoms with Crippen molar-refractivity contribution in [3.05, 3.63) is 122 Å². The van der Waals surface area contributed by atoms with Crippen LogP contribution in [0.3, 0.4) is 0 Å². The van der Waals surface area contributed by atoms with Crippen molar-refractivity contribution in [2.45, 2.75) is 284 Å². The van der Waals surface area contributed by atoms with Crippen LogP contribution in [-0.2, 0) is 28.6 Å². The highest BCUT2D eigenvalue weighted by Gasteiger charge is 2.19. The molecule has 0 aromatic heterocycles. The third kappa shape index (κ3) is 60.6. The largest absolute Gasteiger partial charge is 0.462 e. The molecule has 0 rings (SSSR count). The summed E-state index contributed by atoms with van der Waals surface area (Å²) < 4.78 is 16.8. The monoisotopic (exact) mass is 1040 g/mol. The Morgan fingerprint density at radius 2 is 0.547 bits per heavy atom. The van der Waals surface area contributed by atoms with Crippen LogP contribution in [0.5, 0.6) is 0 Å². The zero-order chi connectivity index (χ0) is 54.3. The number of rotatable bonds is 55. The lowest BCUT2D eigenvalue weighted by Crippen LogP contribution is -2.30. The second kappa shape index (κ2) is 62.4. The number of carbonyl (C=O) groups excluding carboxylic acids is 3. The Morgan fingerprint density at radius 1 is 0.280 bits per heavy atom. The molecular weight excluding hydrogens is 925 g/mol. The van der Waals surface area contributed by atoms with Gasteiger partial charge in [0, 0.05) is 19.3 Å². The molecule has 0 N–H and O–H groups in total. The highest BCUT2D eigenvalue weighted by Crippen LogP contribution is 2.16. The lowest BCUT2D eigenvalue weighted by Gasteiger charge is -2.18. The quantitative estimate of drug-likeness (QED) is 0.0261. The summed E-state index contributed by atoms with van der Waals surface area (Å²) in [6.45, 7) is 6.35. The Hall–Kier alpha value is -4.19. The van der Waals surface area contributed by atoms with Crippen LogP contribution in [0.15, 0.2) is 122 Å². The number of hydrogen-bond donors (Lipinski definition) is 0. The summed E-state index contributed by atoms with van der Waals surface area (Å²) in [7, 11) is 0. The van der Waals surface area contributed by atoms with E-state index in [0.29, 0.717) is 19.3 Å². The number of esters is 3. The van der Waals surface area contributed by atoms with Crippen molar-refractivity contribution in [3.63, 3.8) is 0 Å². The maximum Gasteiger partial charge on any atom is 0.306 e. The van der Waals surface area contributed by atoms with E-state index < -0.39 is 6.10 Å². The van der Waals surface area contributed by atoms with Gasteiger partial charge < -0.3 is 14.2 Å². The van der Waals surface area contributed by atoms with Gasteiger partial charge in [0.15, 0.2) is 6.10 Å². The molecule has 0 spiro atoms. The van der Waals surface area contributed by atoms with Crippen molar-refractivity contribution in [2.24, 2.45) is 0 Å². The summed E-state index contributed by atoms with van der Waals surface area (Å²) in [6, 6.07) is 0. The summed E-state index contributed by atoms with van der Waals surface area (Å²) in [6.07, 6.45) is 86.4. The molecule has 0 saturated carbocycles. The van der Waals surface area contributed by atoms with E-state index >= 15 is 0 Å². The molecule has 1 atom stereocenters. The first-order chi connectivity index (χ1) is 37.0. The van der Waals surface area contributed by atoms with Crippen LogP contribution in [-0.4, -0.2) is 37.2 Å². The number of allylic oxidation sites excluding steroid dienone is 20. The maximum absolute atomic E-state index is 12.9. The Labute approximate surface area is 462 Å². The fraction of sp³-hybridized carbons (Fsp3) is 0.667. The Kier molecular flexibility index (Phi) is 58.9. The molecule has 1 unspecified atom stereocenters. The van der Waals surface area contributed by atoms with Gasteiger partial charge in [-0.15, -0.1) is 0 Å². The normalized spacial score (nSPS) is 12.9. The molecule has 75 heavy (non-hydrogen) atoms. The summed E-state index contributed by atoms with van der Waals surface area (Å²) in [5, 5.41) is 0. The van der Waals surface area contributed by atoms with E-state index in [2.05, 4.69) is 136 Å². The summed E-state index contributed by atoms with van der Waals surface area (Å²) in [5.41, 5.74) is 0. The van der Waals surface area contributed by atoms with Crippen LogP contribution in [0.1, 0.15) is 278 Å². The van der Waals surface area contributed by atoms with Gasteiger partial charge >= 0.3 is 17.9 Å². The van der Waals surface area contributed by atoms with Gasteiger partial charge in [0.1, 0.15) is 13.2 Å². The minimum atomic E-state index is -0.815. The van der Waals surface area contributed by atoms with Crippen LogP contribution >= 0.6 is 0 Å². The van der Waals surface area contributed by atoms with Crippen LogP contribution in [0.2, 0.25) is 0 Å². The Balaban J connectivity index is 4.41. The van der Waals surface area contributed by atoms with E-state index in [1.54, 1.807) is 0 Å². The lowest BCUT2D eigenvalue weighted by molar-refractivity contribution is -0.166. The fourth-order valence-corrected chi connectivity index (χ4v) is 8.40. The van der Waals surface area contributed by atoms with Gasteiger partial charge in [-0.25, -0.2) is 0 Å². The van der Waals surface area contributed by atoms with Crippen LogP contribution in [0.25, 0.3) is 0 Å². The smallest absolute Gasteiger partial charge is 0.306 e. The number of hydrogen-bond acceptors (Lipinski definition) is 6. The first kappa shape index (κ1) is 70.8. The van der Waals surface area contributed by atoms with Crippen molar-refractivity contribution in [1.29, 1.82) is 0 Å². The molecule has 6 nitrogen and oxygen atoms in total. The predicted octanol–water partition coefficient (Wildman–Crippen LogP) is 21.2. The first-order valence-electron chi connectivity index (χ1n) is 31.0. The maximum atomic E-state index is 12.9. The van der Waals surface area contributed by atoms with Crippen molar-refractivity contribution >= 4 is 17.9 Å². The van der Waals surface area contributed by atoms with E-state index in [4.69, 9.17) is 14.2 Å². The van der Waals surface area contributed by atoms with Gasteiger partial charge in [0.2, 0.25) is 0 Å². The molecule has 0 aromatic carbocycles. The molecule has 0 aromatic rings. The molecule has 0 amide bonds. The van der Waals surface area contributed by atoms with Gasteiger partial charge in [-0.3, -0.25) is 14.4 Å². The standard InChI is InChI=1S/C69H114O6/c1-4-7-10-13-16-19-22-25-27-29-31-32-33-34-35-36-38-39-41-44-47-50-53-56-59-62-68(71)74-65-66(64-73-67(70)61-58-55-52-49-46-43-24-21-18-15-12-9-6-3)75-69(72)63-60-57-54-51-48-45-42-40-37-30-28-26-23-20-17-14-11-8-5-2/h7,9-10,12,16,18-19,21,25,27,31-32,34-35,38-39,43,46,52,55,66H,4-6,8,11,13-15,17,20,22-24,26,28-30,33,36-37,40-42,44-45,47-51,53-54,56-65H2,1-3H3/b10-7-,12-9-,19-16-,21-18-,27-25-,32-31-,35-34-,39-38-,46-43-,55-52-. The average Bonchev–Trinajstić information content (AvgIpc) is 3.41. The predicted molar refractivity (Wildman–Crippen MR) is 325 cm³/mol. The first-order valence-corrected chi connectivity index (χ1v) is 31.0. The molecule has 0 heterocycles. The fourth-order valence-electron chi connectivity index (χ4n) is 8.40. The molecule has 0 saturated heterocycles. The molecule has 0 aliphatic carbocycles. The highest BCUT2D eigenvalue weighted by molar-refractivity contribution is 5.71. The second-order valence-corrected chi connectivity index (χ2v) is 20.2. The minimum absolute atomic E-state index is 0.109. The van der Waals surface area contributed by atoms with Crippen molar-refractivity contribution in [3.8, 4) is 0 Å². The van der Waals surface area contributed by atoms with Gasteiger partial charge in [-0.05, 0) is 96.3 Å². The SMILES string of the molecule is CC/C=C\C/C=C\C/C=C\C/C=C\C/C=C\C/C=C\CCCCCCCCC(=O)OCC(COC(=O)CC/C=C\C/C=C\C/C=C\C/C=C\CC)OC(=O)CCCCCCCCCCCCCCCCCCCCC. The molecule has 0 fully saturated rings. The Morgan fingerprint density at radius 3 is 0.893 bits per heavy atom. The van der Waals surface area contributed by atoms with E-state index in [1.165, 1.54) is 116 Å². The van der Waals surface area contributed by atoms with Crippen molar-refractivity contribution in [2.75, 3.05) is 13.2 Å². The third-order valence-corrected chi connectivity index (χ3v) is 13.0. The summed E-state index contributed by atoms with van der Waals surface area (Å²) in [4.78, 5) is 38.2. The second-order valence-electron chi connectivity index (χ2n) is 20.2. The van der Waals surface area contributed by atoms with Gasteiger partial charge in [0.25, 0.3) is 0 Å². The zero-order valence-electron chi connectivity index (χ0n) is 48.8. The van der Waals surface area contributed by atoms with Crippen molar-refractivity contribution in [1.82, 2.24) is 0 Å². The molecule has 0 aliphatic rings. The van der Waals surface area contributed by atoms with E-state index in [0.717, 1.165) is 116 Å². The minimum Gasteiger partial charge on any atom is -0.462 e. The molecule has 0 radical (unpaired) electrons. The van der Waals surface area contributed by atoms with Gasteiger partial charge in [-0.1, -0.05) is 284 Å². The molecule has 0 bridgehead atoms. The van der Waals surface area contributed by atoms with E-state index in [1.807, 2.05) is 6.08 Å². The third-order valence-electron chi connectivity index (χ3n) is 13.0. The van der Waals surface area contributed by atoms with Crippen LogP contribution in [0, 0.1) is 0 Å². The van der Waals surface area contributed by atoms with E-state index in [9.17, 15) is 14.4 Å². The number of ether oxygens (including phenoxy) is 3. The topological polar surface area (TPSA) is 78.9 Å². The van der Waals surface area contributed by atoms with E-state index in [-0.39, 0.29) is 37.5 Å². The van der Waals surface area contributed by atoms with Crippen LogP contribution in [0.4, 0.5) is 0 Å². The molecular formula is C69H114O6. The van der Waals surface area contributed by atoms with Crippen LogP contribution < -0.4 is 0 Å². The van der Waals surface area contributed by atoms with Gasteiger partial charge in [0.05, 0.1) is 0 Å². The molecule has 6 heteroatoms. The lowest BCUT2D eigenvalue weighted by atomic mass is 10.0. The number of carbonyl (C=O) groups is 3. The van der Waals surface area contributed by atoms with Crippen molar-refractivity contribution < 1.29 is 28.6 Å². The highest BCUT2D eigenvalue weighted by atomic mass is 16.6. The Bertz CT molecular complexity index is 1570. The zero-order valence-corrected chi connectivity index (χ0v) is 48.8. The summed E-state index contributed by atoms with van der Waals surface area (Å²) in [5.74, 6) is -1.00. The molecule has 426 valence electrons. The van der Waals surface area contributed by atoms with Gasteiger partial charge in [-0.2, -0.15) is 0 Å². The average molecular weight is 1040 g/mol. The molecule has 0 aliphatic heterocycles. The number of unbranched alkanes of at least 4 members (excludes halogenated alkanes) is 24.